The Balaban J connectivity index is 2.02. The molecule has 14 nitrogen and oxygen atoms in total. The van der Waals surface area contributed by atoms with Gasteiger partial charge in [0, 0.05) is 18.7 Å². The molecular weight excluding hydrogens is 564 g/mol. The van der Waals surface area contributed by atoms with Crippen molar-refractivity contribution >= 4 is 23.4 Å². The lowest BCUT2D eigenvalue weighted by Gasteiger charge is -2.21. The smallest absolute Gasteiger partial charge is 0.243 e. The minimum absolute atomic E-state index is 0.0804. The van der Waals surface area contributed by atoms with Gasteiger partial charge in [0.25, 0.3) is 0 Å². The number of amides is 3. The highest BCUT2D eigenvalue weighted by atomic mass is 16.6. The van der Waals surface area contributed by atoms with Gasteiger partial charge in [0.05, 0.1) is 92.4 Å². The molecule has 0 saturated carbocycles. The Labute approximate surface area is 254 Å². The fourth-order valence-corrected chi connectivity index (χ4v) is 3.41. The van der Waals surface area contributed by atoms with Crippen LogP contribution in [-0.2, 0) is 49.4 Å². The van der Waals surface area contributed by atoms with E-state index in [0.29, 0.717) is 84.9 Å². The van der Waals surface area contributed by atoms with Crippen molar-refractivity contribution in [2.24, 2.45) is 11.7 Å². The van der Waals surface area contributed by atoms with Gasteiger partial charge < -0.3 is 55.2 Å². The Morgan fingerprint density at radius 1 is 0.721 bits per heavy atom. The van der Waals surface area contributed by atoms with Crippen molar-refractivity contribution in [1.29, 1.82) is 0 Å². The summed E-state index contributed by atoms with van der Waals surface area (Å²) in [6.07, 6.45) is 0.0804. The first-order valence-corrected chi connectivity index (χ1v) is 14.6. The quantitative estimate of drug-likeness (QED) is 0.0827. The minimum atomic E-state index is -0.794. The van der Waals surface area contributed by atoms with Crippen LogP contribution in [0.1, 0.15) is 25.8 Å². The van der Waals surface area contributed by atoms with Crippen LogP contribution < -0.4 is 21.7 Å². The second-order valence-electron chi connectivity index (χ2n) is 9.62. The second-order valence-corrected chi connectivity index (χ2v) is 9.62. The van der Waals surface area contributed by atoms with Crippen LogP contribution in [0.2, 0.25) is 0 Å². The summed E-state index contributed by atoms with van der Waals surface area (Å²) >= 11 is 0. The van der Waals surface area contributed by atoms with E-state index in [2.05, 4.69) is 16.0 Å². The van der Waals surface area contributed by atoms with Crippen LogP contribution in [0.4, 0.5) is 5.69 Å². The molecular formula is C29H50N4O10. The van der Waals surface area contributed by atoms with Gasteiger partial charge in [-0.25, -0.2) is 0 Å². The molecule has 0 heterocycles. The number of benzene rings is 1. The number of ether oxygens (including phenoxy) is 6. The van der Waals surface area contributed by atoms with Crippen LogP contribution in [0.3, 0.4) is 0 Å². The molecule has 0 radical (unpaired) electrons. The molecule has 6 N–H and O–H groups in total. The number of rotatable bonds is 27. The third kappa shape index (κ3) is 20.8. The van der Waals surface area contributed by atoms with E-state index in [1.165, 1.54) is 0 Å². The van der Waals surface area contributed by atoms with Gasteiger partial charge in [0.1, 0.15) is 6.04 Å². The minimum Gasteiger partial charge on any atom is -0.392 e. The van der Waals surface area contributed by atoms with Gasteiger partial charge in [-0.05, 0) is 23.6 Å². The predicted molar refractivity (Wildman–Crippen MR) is 159 cm³/mol. The molecule has 1 aromatic rings. The number of carbonyl (C=O) groups excluding carboxylic acids is 3. The van der Waals surface area contributed by atoms with Crippen molar-refractivity contribution in [3.05, 3.63) is 29.8 Å². The summed E-state index contributed by atoms with van der Waals surface area (Å²) in [4.78, 5) is 37.1. The van der Waals surface area contributed by atoms with Gasteiger partial charge in [-0.1, -0.05) is 26.0 Å². The van der Waals surface area contributed by atoms with E-state index in [1.54, 1.807) is 38.1 Å². The topological polar surface area (TPSA) is 189 Å². The predicted octanol–water partition coefficient (Wildman–Crippen LogP) is -0.177. The number of carbonyl (C=O) groups is 3. The van der Waals surface area contributed by atoms with Gasteiger partial charge in [0.2, 0.25) is 17.7 Å². The molecule has 246 valence electrons. The molecule has 0 aromatic heterocycles. The monoisotopic (exact) mass is 614 g/mol. The molecule has 0 spiro atoms. The van der Waals surface area contributed by atoms with Crippen LogP contribution in [-0.4, -0.2) is 121 Å². The first-order valence-electron chi connectivity index (χ1n) is 14.6. The lowest BCUT2D eigenvalue weighted by molar-refractivity contribution is -0.131. The van der Waals surface area contributed by atoms with Crippen LogP contribution in [0, 0.1) is 5.92 Å². The third-order valence-corrected chi connectivity index (χ3v) is 5.70. The maximum Gasteiger partial charge on any atom is 0.243 e. The Bertz CT molecular complexity index is 873. The van der Waals surface area contributed by atoms with E-state index in [1.807, 2.05) is 0 Å². The molecule has 0 bridgehead atoms. The highest BCUT2D eigenvalue weighted by Crippen LogP contribution is 2.09. The summed E-state index contributed by atoms with van der Waals surface area (Å²) in [7, 11) is 0. The third-order valence-electron chi connectivity index (χ3n) is 5.70. The van der Waals surface area contributed by atoms with E-state index in [0.717, 1.165) is 5.56 Å². The fraction of sp³-hybridized carbons (Fsp3) is 0.690. The average molecular weight is 615 g/mol. The molecule has 0 fully saturated rings. The zero-order valence-electron chi connectivity index (χ0n) is 25.5. The summed E-state index contributed by atoms with van der Waals surface area (Å²) in [6, 6.07) is 5.90. The largest absolute Gasteiger partial charge is 0.392 e. The van der Waals surface area contributed by atoms with Gasteiger partial charge in [-0.3, -0.25) is 14.4 Å². The first kappa shape index (κ1) is 38.3. The van der Waals surface area contributed by atoms with Crippen LogP contribution >= 0.6 is 0 Å². The first-order chi connectivity index (χ1) is 20.9. The molecule has 0 unspecified atom stereocenters. The van der Waals surface area contributed by atoms with Gasteiger partial charge in [-0.2, -0.15) is 0 Å². The number of anilines is 1. The zero-order chi connectivity index (χ0) is 31.5. The zero-order valence-corrected chi connectivity index (χ0v) is 25.5. The number of hydrogen-bond acceptors (Lipinski definition) is 11. The normalized spacial score (nSPS) is 11.8. The number of hydrogen-bond donors (Lipinski definition) is 5. The standard InChI is InChI=1S/C29H50N4O10/c1-23(2)28(29(37)31-21-27(36)32-25-5-3-24(22-34)4-6-25)33-26(35)7-9-38-11-13-40-15-17-42-19-20-43-18-16-41-14-12-39-10-8-30/h3-6,23,28,34H,7-22,30H2,1-2H3,(H,31,37)(H,32,36)(H,33,35)/t28-/m0/s1. The highest BCUT2D eigenvalue weighted by molar-refractivity contribution is 5.96. The van der Waals surface area contributed by atoms with E-state index >= 15 is 0 Å². The molecule has 0 aliphatic heterocycles. The van der Waals surface area contributed by atoms with Crippen LogP contribution in [0.5, 0.6) is 0 Å². The summed E-state index contributed by atoms with van der Waals surface area (Å²) in [5, 5.41) is 17.0. The molecule has 1 aromatic carbocycles. The number of aliphatic hydroxyl groups excluding tert-OH is 1. The lowest BCUT2D eigenvalue weighted by Crippen LogP contribution is -2.51. The van der Waals surface area contributed by atoms with E-state index in [9.17, 15) is 14.4 Å². The second kappa shape index (κ2) is 25.8. The molecule has 1 atom stereocenters. The summed E-state index contributed by atoms with van der Waals surface area (Å²) in [5.74, 6) is -1.38. The molecule has 0 aliphatic rings. The van der Waals surface area contributed by atoms with Gasteiger partial charge >= 0.3 is 0 Å². The van der Waals surface area contributed by atoms with Crippen molar-refractivity contribution in [3.63, 3.8) is 0 Å². The van der Waals surface area contributed by atoms with E-state index < -0.39 is 17.9 Å². The van der Waals surface area contributed by atoms with Crippen molar-refractivity contribution in [2.75, 3.05) is 97.7 Å². The number of aliphatic hydroxyl groups is 1. The van der Waals surface area contributed by atoms with Crippen LogP contribution in [0.15, 0.2) is 24.3 Å². The van der Waals surface area contributed by atoms with Gasteiger partial charge in [-0.15, -0.1) is 0 Å². The van der Waals surface area contributed by atoms with Crippen LogP contribution in [0.25, 0.3) is 0 Å². The van der Waals surface area contributed by atoms with Crippen molar-refractivity contribution < 1.29 is 47.9 Å². The summed E-state index contributed by atoms with van der Waals surface area (Å²) in [6.45, 7) is 8.94. The lowest BCUT2D eigenvalue weighted by atomic mass is 10.0. The molecule has 0 aliphatic carbocycles. The highest BCUT2D eigenvalue weighted by Gasteiger charge is 2.24. The molecule has 0 saturated heterocycles. The maximum absolute atomic E-state index is 12.6. The molecule has 14 heteroatoms. The van der Waals surface area contributed by atoms with Crippen molar-refractivity contribution in [3.8, 4) is 0 Å². The molecule has 3 amide bonds. The van der Waals surface area contributed by atoms with E-state index in [-0.39, 0.29) is 38.0 Å². The fourth-order valence-electron chi connectivity index (χ4n) is 3.41. The number of nitrogens with two attached hydrogens (primary N) is 1. The maximum atomic E-state index is 12.6. The molecule has 1 rings (SSSR count). The summed E-state index contributed by atoms with van der Waals surface area (Å²) < 4.78 is 32.2. The average Bonchev–Trinajstić information content (AvgIpc) is 3.00. The summed E-state index contributed by atoms with van der Waals surface area (Å²) in [5.41, 5.74) is 6.59. The Hall–Kier alpha value is -2.69. The van der Waals surface area contributed by atoms with E-state index in [4.69, 9.17) is 39.3 Å². The Morgan fingerprint density at radius 3 is 1.63 bits per heavy atom. The SMILES string of the molecule is CC(C)[C@H](NC(=O)CCOCCOCCOCCOCCOCCOCCN)C(=O)NCC(=O)Nc1ccc(CO)cc1. The molecule has 43 heavy (non-hydrogen) atoms. The van der Waals surface area contributed by atoms with Gasteiger partial charge in [0.15, 0.2) is 0 Å². The Morgan fingerprint density at radius 2 is 1.19 bits per heavy atom. The van der Waals surface area contributed by atoms with Crippen molar-refractivity contribution in [2.45, 2.75) is 32.9 Å². The Kier molecular flexibility index (Phi) is 23.0. The van der Waals surface area contributed by atoms with Crippen molar-refractivity contribution in [1.82, 2.24) is 10.6 Å². The number of nitrogens with one attached hydrogen (secondary N) is 3.